The lowest BCUT2D eigenvalue weighted by atomic mass is 10.1. The van der Waals surface area contributed by atoms with Crippen LogP contribution in [-0.2, 0) is 9.47 Å². The Morgan fingerprint density at radius 1 is 1.25 bits per heavy atom. The van der Waals surface area contributed by atoms with Crippen molar-refractivity contribution < 1.29 is 9.47 Å². The Hall–Kier alpha value is -1.32. The van der Waals surface area contributed by atoms with Crippen LogP contribution in [0.3, 0.4) is 0 Å². The molecule has 0 bridgehead atoms. The van der Waals surface area contributed by atoms with Crippen LogP contribution in [0.15, 0.2) is 30.3 Å². The second-order valence-electron chi connectivity index (χ2n) is 4.10. The van der Waals surface area contributed by atoms with Gasteiger partial charge in [0.25, 0.3) is 0 Å². The normalized spacial score (nSPS) is 19.3. The highest BCUT2D eigenvalue weighted by atomic mass is 16.7. The first kappa shape index (κ1) is 11.2. The summed E-state index contributed by atoms with van der Waals surface area (Å²) in [6.45, 7) is 3.34. The van der Waals surface area contributed by atoms with Gasteiger partial charge in [-0.3, -0.25) is 0 Å². The molecule has 3 nitrogen and oxygen atoms in total. The maximum atomic E-state index is 5.61. The Morgan fingerprint density at radius 3 is 2.50 bits per heavy atom. The smallest absolute Gasteiger partial charge is 0.169 e. The van der Waals surface area contributed by atoms with Crippen molar-refractivity contribution in [1.29, 1.82) is 0 Å². The van der Waals surface area contributed by atoms with Crippen LogP contribution in [0.5, 0.6) is 0 Å². The Balaban J connectivity index is 1.92. The minimum absolute atomic E-state index is 0.440. The van der Waals surface area contributed by atoms with E-state index in [1.165, 1.54) is 0 Å². The molecule has 0 unspecified atom stereocenters. The standard InChI is InChI=1S/C13H17NO2/c1-13(15-9-10-16-13)8-2-3-11-4-6-12(14)7-5-11/h2-7H,8-10,14H2,1H3/b3-2+. The predicted molar refractivity (Wildman–Crippen MR) is 64.8 cm³/mol. The molecule has 0 radical (unpaired) electrons. The number of hydrogen-bond donors (Lipinski definition) is 1. The fourth-order valence-corrected chi connectivity index (χ4v) is 1.69. The highest BCUT2D eigenvalue weighted by Crippen LogP contribution is 2.23. The van der Waals surface area contributed by atoms with E-state index >= 15 is 0 Å². The molecule has 1 saturated heterocycles. The van der Waals surface area contributed by atoms with Gasteiger partial charge in [-0.25, -0.2) is 0 Å². The first-order valence-electron chi connectivity index (χ1n) is 5.48. The molecule has 0 spiro atoms. The van der Waals surface area contributed by atoms with Gasteiger partial charge in [0, 0.05) is 12.1 Å². The third-order valence-electron chi connectivity index (χ3n) is 2.63. The summed E-state index contributed by atoms with van der Waals surface area (Å²) in [5.74, 6) is -0.440. The molecule has 0 aliphatic carbocycles. The summed E-state index contributed by atoms with van der Waals surface area (Å²) >= 11 is 0. The van der Waals surface area contributed by atoms with Crippen LogP contribution < -0.4 is 5.73 Å². The molecule has 0 aromatic heterocycles. The van der Waals surface area contributed by atoms with E-state index in [4.69, 9.17) is 15.2 Å². The monoisotopic (exact) mass is 219 g/mol. The number of rotatable bonds is 3. The molecule has 16 heavy (non-hydrogen) atoms. The molecular weight excluding hydrogens is 202 g/mol. The van der Waals surface area contributed by atoms with Gasteiger partial charge in [-0.15, -0.1) is 0 Å². The quantitative estimate of drug-likeness (QED) is 0.794. The van der Waals surface area contributed by atoms with Gasteiger partial charge in [0.15, 0.2) is 5.79 Å². The van der Waals surface area contributed by atoms with Crippen molar-refractivity contribution >= 4 is 11.8 Å². The number of hydrogen-bond acceptors (Lipinski definition) is 3. The number of anilines is 1. The second-order valence-corrected chi connectivity index (χ2v) is 4.10. The van der Waals surface area contributed by atoms with Crippen molar-refractivity contribution in [2.24, 2.45) is 0 Å². The van der Waals surface area contributed by atoms with E-state index in [1.807, 2.05) is 31.2 Å². The third kappa shape index (κ3) is 2.84. The lowest BCUT2D eigenvalue weighted by Crippen LogP contribution is -2.24. The van der Waals surface area contributed by atoms with E-state index in [0.29, 0.717) is 13.2 Å². The molecule has 1 aliphatic heterocycles. The number of benzene rings is 1. The van der Waals surface area contributed by atoms with Crippen LogP contribution in [0.2, 0.25) is 0 Å². The van der Waals surface area contributed by atoms with Crippen molar-refractivity contribution in [3.05, 3.63) is 35.9 Å². The molecule has 2 N–H and O–H groups in total. The van der Waals surface area contributed by atoms with E-state index in [0.717, 1.165) is 17.7 Å². The number of nitrogens with two attached hydrogens (primary N) is 1. The lowest BCUT2D eigenvalue weighted by molar-refractivity contribution is -0.138. The molecule has 0 saturated carbocycles. The van der Waals surface area contributed by atoms with Gasteiger partial charge in [-0.2, -0.15) is 0 Å². The van der Waals surface area contributed by atoms with Crippen LogP contribution in [0.25, 0.3) is 6.08 Å². The molecule has 1 aliphatic rings. The largest absolute Gasteiger partial charge is 0.399 e. The summed E-state index contributed by atoms with van der Waals surface area (Å²) in [5.41, 5.74) is 7.53. The van der Waals surface area contributed by atoms with E-state index in [-0.39, 0.29) is 0 Å². The Labute approximate surface area is 95.9 Å². The number of nitrogen functional groups attached to an aromatic ring is 1. The van der Waals surface area contributed by atoms with Gasteiger partial charge in [0.1, 0.15) is 0 Å². The highest BCUT2D eigenvalue weighted by Gasteiger charge is 2.28. The maximum Gasteiger partial charge on any atom is 0.169 e. The minimum atomic E-state index is -0.440. The first-order valence-corrected chi connectivity index (χ1v) is 5.48. The van der Waals surface area contributed by atoms with Gasteiger partial charge < -0.3 is 15.2 Å². The van der Waals surface area contributed by atoms with Crippen molar-refractivity contribution in [2.45, 2.75) is 19.1 Å². The highest BCUT2D eigenvalue weighted by molar-refractivity contribution is 5.53. The van der Waals surface area contributed by atoms with Gasteiger partial charge in [0.2, 0.25) is 0 Å². The molecule has 2 rings (SSSR count). The first-order chi connectivity index (χ1) is 7.68. The minimum Gasteiger partial charge on any atom is -0.399 e. The van der Waals surface area contributed by atoms with E-state index < -0.39 is 5.79 Å². The van der Waals surface area contributed by atoms with E-state index in [2.05, 4.69) is 12.2 Å². The van der Waals surface area contributed by atoms with E-state index in [9.17, 15) is 0 Å². The summed E-state index contributed by atoms with van der Waals surface area (Å²) in [5, 5.41) is 0. The molecule has 1 fully saturated rings. The molecule has 86 valence electrons. The zero-order valence-electron chi connectivity index (χ0n) is 9.48. The van der Waals surface area contributed by atoms with Crippen molar-refractivity contribution in [3.8, 4) is 0 Å². The average Bonchev–Trinajstić information content (AvgIpc) is 2.69. The molecule has 1 heterocycles. The maximum absolute atomic E-state index is 5.61. The Morgan fingerprint density at radius 2 is 1.88 bits per heavy atom. The third-order valence-corrected chi connectivity index (χ3v) is 2.63. The summed E-state index contributed by atoms with van der Waals surface area (Å²) in [6.07, 6.45) is 4.88. The summed E-state index contributed by atoms with van der Waals surface area (Å²) < 4.78 is 11.0. The van der Waals surface area contributed by atoms with Gasteiger partial charge in [-0.05, 0) is 24.6 Å². The molecule has 0 amide bonds. The van der Waals surface area contributed by atoms with Crippen LogP contribution in [0.1, 0.15) is 18.9 Å². The van der Waals surface area contributed by atoms with Gasteiger partial charge in [0.05, 0.1) is 13.2 Å². The molecule has 1 aromatic rings. The second kappa shape index (κ2) is 4.68. The van der Waals surface area contributed by atoms with Crippen molar-refractivity contribution in [1.82, 2.24) is 0 Å². The van der Waals surface area contributed by atoms with Gasteiger partial charge >= 0.3 is 0 Å². The molecule has 1 aromatic carbocycles. The van der Waals surface area contributed by atoms with Crippen LogP contribution in [-0.4, -0.2) is 19.0 Å². The van der Waals surface area contributed by atoms with E-state index in [1.54, 1.807) is 0 Å². The predicted octanol–water partition coefficient (Wildman–Crippen LogP) is 2.44. The van der Waals surface area contributed by atoms with Crippen molar-refractivity contribution in [3.63, 3.8) is 0 Å². The van der Waals surface area contributed by atoms with Gasteiger partial charge in [-0.1, -0.05) is 24.3 Å². The summed E-state index contributed by atoms with van der Waals surface area (Å²) in [7, 11) is 0. The molecule has 0 atom stereocenters. The number of ether oxygens (including phenoxy) is 2. The zero-order chi connectivity index (χ0) is 11.4. The SMILES string of the molecule is CC1(C/C=C/c2ccc(N)cc2)OCCO1. The fourth-order valence-electron chi connectivity index (χ4n) is 1.69. The fraction of sp³-hybridized carbons (Fsp3) is 0.385. The Bertz CT molecular complexity index is 364. The summed E-state index contributed by atoms with van der Waals surface area (Å²) in [4.78, 5) is 0. The van der Waals surface area contributed by atoms with Crippen LogP contribution in [0.4, 0.5) is 5.69 Å². The van der Waals surface area contributed by atoms with Crippen molar-refractivity contribution in [2.75, 3.05) is 18.9 Å². The lowest BCUT2D eigenvalue weighted by Gasteiger charge is -2.19. The Kier molecular flexibility index (Phi) is 3.27. The summed E-state index contributed by atoms with van der Waals surface area (Å²) in [6, 6.07) is 7.77. The molecule has 3 heteroatoms. The topological polar surface area (TPSA) is 44.5 Å². The average molecular weight is 219 g/mol. The molecular formula is C13H17NO2. The van der Waals surface area contributed by atoms with Crippen LogP contribution >= 0.6 is 0 Å². The zero-order valence-corrected chi connectivity index (χ0v) is 9.48. The van der Waals surface area contributed by atoms with Crippen LogP contribution in [0, 0.1) is 0 Å².